The normalized spacial score (nSPS) is 10.7. The highest BCUT2D eigenvalue weighted by atomic mass is 32.1. The molecule has 0 radical (unpaired) electrons. The Morgan fingerprint density at radius 2 is 2.00 bits per heavy atom. The number of rotatable bonds is 2. The Balaban J connectivity index is 2.18. The molecule has 2 aromatic heterocycles. The van der Waals surface area contributed by atoms with E-state index in [9.17, 15) is 9.59 Å². The van der Waals surface area contributed by atoms with Gasteiger partial charge < -0.3 is 10.1 Å². The first-order valence-corrected chi connectivity index (χ1v) is 6.42. The quantitative estimate of drug-likeness (QED) is 0.752. The lowest BCUT2D eigenvalue weighted by molar-refractivity contribution is 0.0695. The molecule has 0 aliphatic heterocycles. The molecule has 0 saturated carbocycles. The summed E-state index contributed by atoms with van der Waals surface area (Å²) in [6.07, 6.45) is 1.54. The zero-order valence-corrected chi connectivity index (χ0v) is 10.5. The van der Waals surface area contributed by atoms with Crippen molar-refractivity contribution in [2.45, 2.75) is 0 Å². The minimum Gasteiger partial charge on any atom is -0.477 e. The molecule has 5 heteroatoms. The molecule has 94 valence electrons. The first-order chi connectivity index (χ1) is 9.15. The largest absolute Gasteiger partial charge is 0.477 e. The van der Waals surface area contributed by atoms with Crippen LogP contribution in [0.4, 0.5) is 0 Å². The lowest BCUT2D eigenvalue weighted by atomic mass is 10.1. The fraction of sp³-hybridized carbons (Fsp3) is 0. The lowest BCUT2D eigenvalue weighted by Gasteiger charge is -1.98. The van der Waals surface area contributed by atoms with Crippen molar-refractivity contribution in [3.05, 3.63) is 58.5 Å². The standard InChI is InChI=1S/C14H9NO3S/c16-13-10(14(17)18)5-9(7-15-13)12-6-8-3-1-2-4-11(8)19-12/h1-7H,(H,15,16)(H,17,18). The number of carbonyl (C=O) groups is 1. The van der Waals surface area contributed by atoms with Gasteiger partial charge >= 0.3 is 5.97 Å². The van der Waals surface area contributed by atoms with E-state index in [0.717, 1.165) is 15.0 Å². The Labute approximate surface area is 112 Å². The van der Waals surface area contributed by atoms with E-state index < -0.39 is 11.5 Å². The molecule has 0 saturated heterocycles. The average Bonchev–Trinajstić information content (AvgIpc) is 2.82. The van der Waals surface area contributed by atoms with Gasteiger partial charge in [0.05, 0.1) is 0 Å². The molecule has 0 aliphatic rings. The summed E-state index contributed by atoms with van der Waals surface area (Å²) in [4.78, 5) is 25.7. The van der Waals surface area contributed by atoms with E-state index in [1.807, 2.05) is 30.3 Å². The number of H-pyrrole nitrogens is 1. The lowest BCUT2D eigenvalue weighted by Crippen LogP contribution is -2.16. The third-order valence-corrected chi connectivity index (χ3v) is 4.01. The Kier molecular flexibility index (Phi) is 2.68. The van der Waals surface area contributed by atoms with E-state index in [2.05, 4.69) is 4.98 Å². The first-order valence-electron chi connectivity index (χ1n) is 5.60. The van der Waals surface area contributed by atoms with Gasteiger partial charge in [-0.1, -0.05) is 18.2 Å². The number of aromatic amines is 1. The highest BCUT2D eigenvalue weighted by Crippen LogP contribution is 2.32. The Morgan fingerprint density at radius 3 is 2.74 bits per heavy atom. The maximum absolute atomic E-state index is 11.4. The number of benzene rings is 1. The fourth-order valence-electron chi connectivity index (χ4n) is 1.91. The van der Waals surface area contributed by atoms with Crippen molar-refractivity contribution in [3.8, 4) is 10.4 Å². The van der Waals surface area contributed by atoms with Gasteiger partial charge in [-0.2, -0.15) is 0 Å². The summed E-state index contributed by atoms with van der Waals surface area (Å²) in [6, 6.07) is 11.3. The molecule has 2 N–H and O–H groups in total. The number of carboxylic acids is 1. The molecule has 2 heterocycles. The molecule has 0 unspecified atom stereocenters. The highest BCUT2D eigenvalue weighted by molar-refractivity contribution is 7.22. The van der Waals surface area contributed by atoms with Gasteiger partial charge in [-0.15, -0.1) is 11.3 Å². The summed E-state index contributed by atoms with van der Waals surface area (Å²) in [5.74, 6) is -1.22. The zero-order chi connectivity index (χ0) is 13.4. The molecule has 4 nitrogen and oxygen atoms in total. The number of pyridine rings is 1. The number of aromatic nitrogens is 1. The molecule has 0 bridgehead atoms. The summed E-state index contributed by atoms with van der Waals surface area (Å²) < 4.78 is 1.13. The van der Waals surface area contributed by atoms with E-state index in [0.29, 0.717) is 5.56 Å². The number of fused-ring (bicyclic) bond motifs is 1. The molecule has 1 aromatic carbocycles. The molecular weight excluding hydrogens is 262 g/mol. The van der Waals surface area contributed by atoms with Gasteiger partial charge in [0.2, 0.25) is 0 Å². The van der Waals surface area contributed by atoms with Gasteiger partial charge in [0.15, 0.2) is 0 Å². The van der Waals surface area contributed by atoms with Gasteiger partial charge in [0.25, 0.3) is 5.56 Å². The highest BCUT2D eigenvalue weighted by Gasteiger charge is 2.11. The maximum Gasteiger partial charge on any atom is 0.341 e. The topological polar surface area (TPSA) is 70.2 Å². The van der Waals surface area contributed by atoms with E-state index in [4.69, 9.17) is 5.11 Å². The third-order valence-electron chi connectivity index (χ3n) is 2.84. The smallest absolute Gasteiger partial charge is 0.341 e. The van der Waals surface area contributed by atoms with Crippen LogP contribution in [-0.4, -0.2) is 16.1 Å². The van der Waals surface area contributed by atoms with Crippen LogP contribution in [0, 0.1) is 0 Å². The fourth-order valence-corrected chi connectivity index (χ4v) is 2.96. The van der Waals surface area contributed by atoms with Crippen LogP contribution >= 0.6 is 11.3 Å². The number of hydrogen-bond donors (Lipinski definition) is 2. The third kappa shape index (κ3) is 2.04. The van der Waals surface area contributed by atoms with Gasteiger partial charge in [0, 0.05) is 21.3 Å². The molecule has 3 rings (SSSR count). The second-order valence-corrected chi connectivity index (χ2v) is 5.17. The SMILES string of the molecule is O=C(O)c1cc(-c2cc3ccccc3s2)c[nH]c1=O. The van der Waals surface area contributed by atoms with Crippen LogP contribution in [0.1, 0.15) is 10.4 Å². The Bertz CT molecular complexity index is 799. The molecule has 0 atom stereocenters. The van der Waals surface area contributed by atoms with E-state index in [-0.39, 0.29) is 5.56 Å². The van der Waals surface area contributed by atoms with Crippen molar-refractivity contribution in [2.75, 3.05) is 0 Å². The van der Waals surface area contributed by atoms with Gasteiger partial charge in [-0.25, -0.2) is 4.79 Å². The van der Waals surface area contributed by atoms with Gasteiger partial charge in [0.1, 0.15) is 5.56 Å². The monoisotopic (exact) mass is 271 g/mol. The average molecular weight is 271 g/mol. The Hall–Kier alpha value is -2.40. The number of hydrogen-bond acceptors (Lipinski definition) is 3. The second kappa shape index (κ2) is 4.37. The minimum absolute atomic E-state index is 0.241. The minimum atomic E-state index is -1.22. The van der Waals surface area contributed by atoms with Gasteiger partial charge in [-0.05, 0) is 23.6 Å². The van der Waals surface area contributed by atoms with Crippen molar-refractivity contribution in [2.24, 2.45) is 0 Å². The summed E-state index contributed by atoms with van der Waals surface area (Å²) in [6.45, 7) is 0. The van der Waals surface area contributed by atoms with Crippen LogP contribution in [-0.2, 0) is 0 Å². The second-order valence-electron chi connectivity index (χ2n) is 4.08. The summed E-state index contributed by atoms with van der Waals surface area (Å²) >= 11 is 1.56. The molecule has 19 heavy (non-hydrogen) atoms. The van der Waals surface area contributed by atoms with Crippen molar-refractivity contribution in [1.29, 1.82) is 0 Å². The molecular formula is C14H9NO3S. The first kappa shape index (κ1) is 11.7. The van der Waals surface area contributed by atoms with E-state index in [1.165, 1.54) is 6.07 Å². The number of carboxylic acid groups (broad SMARTS) is 1. The van der Waals surface area contributed by atoms with Crippen LogP contribution < -0.4 is 5.56 Å². The predicted molar refractivity (Wildman–Crippen MR) is 74.8 cm³/mol. The van der Waals surface area contributed by atoms with Crippen molar-refractivity contribution >= 4 is 27.4 Å². The molecule has 0 amide bonds. The molecule has 0 aliphatic carbocycles. The van der Waals surface area contributed by atoms with Crippen LogP contribution in [0.25, 0.3) is 20.5 Å². The van der Waals surface area contributed by atoms with E-state index >= 15 is 0 Å². The van der Waals surface area contributed by atoms with Crippen LogP contribution in [0.2, 0.25) is 0 Å². The van der Waals surface area contributed by atoms with Crippen LogP contribution in [0.5, 0.6) is 0 Å². The number of nitrogens with one attached hydrogen (secondary N) is 1. The van der Waals surface area contributed by atoms with Gasteiger partial charge in [-0.3, -0.25) is 4.79 Å². The zero-order valence-electron chi connectivity index (χ0n) is 9.71. The summed E-state index contributed by atoms with van der Waals surface area (Å²) in [5, 5.41) is 10.1. The molecule has 3 aromatic rings. The van der Waals surface area contributed by atoms with E-state index in [1.54, 1.807) is 17.5 Å². The van der Waals surface area contributed by atoms with Crippen LogP contribution in [0.15, 0.2) is 47.4 Å². The predicted octanol–water partition coefficient (Wildman–Crippen LogP) is 2.95. The van der Waals surface area contributed by atoms with Crippen molar-refractivity contribution in [1.82, 2.24) is 4.98 Å². The Morgan fingerprint density at radius 1 is 1.21 bits per heavy atom. The van der Waals surface area contributed by atoms with Crippen LogP contribution in [0.3, 0.4) is 0 Å². The van der Waals surface area contributed by atoms with Crippen molar-refractivity contribution < 1.29 is 9.90 Å². The molecule has 0 fully saturated rings. The number of aromatic carboxylic acids is 1. The summed E-state index contributed by atoms with van der Waals surface area (Å²) in [5.41, 5.74) is -0.120. The maximum atomic E-state index is 11.4. The summed E-state index contributed by atoms with van der Waals surface area (Å²) in [7, 11) is 0. The number of thiophene rings is 1. The van der Waals surface area contributed by atoms with Crippen molar-refractivity contribution in [3.63, 3.8) is 0 Å². The molecule has 0 spiro atoms.